The summed E-state index contributed by atoms with van der Waals surface area (Å²) < 4.78 is 0. The molecule has 0 radical (unpaired) electrons. The lowest BCUT2D eigenvalue weighted by atomic mass is 10.2. The van der Waals surface area contributed by atoms with Gasteiger partial charge in [-0.1, -0.05) is 18.2 Å². The van der Waals surface area contributed by atoms with Crippen molar-refractivity contribution in [1.82, 2.24) is 5.32 Å². The van der Waals surface area contributed by atoms with E-state index in [0.29, 0.717) is 0 Å². The molecule has 0 atom stereocenters. The number of aryl methyl sites for hydroxylation is 1. The number of carbonyl (C=O) groups is 1. The molecule has 2 aliphatic rings. The molecule has 1 aliphatic carbocycles. The quantitative estimate of drug-likeness (QED) is 0.600. The van der Waals surface area contributed by atoms with Gasteiger partial charge in [0.1, 0.15) is 0 Å². The van der Waals surface area contributed by atoms with Gasteiger partial charge in [0, 0.05) is 16.9 Å². The predicted octanol–water partition coefficient (Wildman–Crippen LogP) is -0.0465. The van der Waals surface area contributed by atoms with E-state index in [-0.39, 0.29) is 5.91 Å². The fraction of sp³-hybridized carbons (Fsp3) is 0.0833. The Labute approximate surface area is 81.3 Å². The van der Waals surface area contributed by atoms with Crippen LogP contribution in [0.3, 0.4) is 0 Å². The van der Waals surface area contributed by atoms with Gasteiger partial charge in [-0.25, -0.2) is 0 Å². The topological polar surface area (TPSA) is 29.1 Å². The first-order valence-corrected chi connectivity index (χ1v) is 4.60. The first-order valence-electron chi connectivity index (χ1n) is 4.60. The lowest BCUT2D eigenvalue weighted by molar-refractivity contribution is -0.115. The van der Waals surface area contributed by atoms with E-state index in [1.165, 1.54) is 10.8 Å². The number of rotatable bonds is 0. The molecule has 0 saturated carbocycles. The van der Waals surface area contributed by atoms with E-state index in [2.05, 4.69) is 24.4 Å². The molecule has 0 saturated heterocycles. The number of nitrogens with one attached hydrogen (secondary N) is 1. The third-order valence-corrected chi connectivity index (χ3v) is 2.72. The van der Waals surface area contributed by atoms with Crippen molar-refractivity contribution in [2.45, 2.75) is 6.92 Å². The zero-order valence-corrected chi connectivity index (χ0v) is 7.79. The molecule has 0 bridgehead atoms. The van der Waals surface area contributed by atoms with Gasteiger partial charge in [0.05, 0.1) is 5.70 Å². The van der Waals surface area contributed by atoms with Crippen LogP contribution in [-0.2, 0) is 4.79 Å². The average molecular weight is 183 g/mol. The number of hydrogen-bond donors (Lipinski definition) is 1. The fourth-order valence-corrected chi connectivity index (χ4v) is 2.03. The van der Waals surface area contributed by atoms with Crippen LogP contribution in [0.25, 0.3) is 11.8 Å². The maximum absolute atomic E-state index is 11.1. The molecule has 2 heteroatoms. The molecular formula is C12H9NO. The van der Waals surface area contributed by atoms with Crippen molar-refractivity contribution in [3.63, 3.8) is 0 Å². The lowest BCUT2D eigenvalue weighted by Gasteiger charge is -1.96. The molecule has 68 valence electrons. The van der Waals surface area contributed by atoms with E-state index in [4.69, 9.17) is 0 Å². The molecular weight excluding hydrogens is 174 g/mol. The summed E-state index contributed by atoms with van der Waals surface area (Å²) in [6.45, 7) is 2.08. The van der Waals surface area contributed by atoms with Crippen molar-refractivity contribution in [3.05, 3.63) is 45.8 Å². The minimum Gasteiger partial charge on any atom is -0.321 e. The van der Waals surface area contributed by atoms with Crippen molar-refractivity contribution < 1.29 is 4.79 Å². The Bertz CT molecular complexity index is 593. The molecule has 1 amide bonds. The number of fused-ring (bicyclic) bond motifs is 2. The van der Waals surface area contributed by atoms with Gasteiger partial charge in [-0.3, -0.25) is 4.79 Å². The van der Waals surface area contributed by atoms with Crippen LogP contribution < -0.4 is 15.8 Å². The third-order valence-electron chi connectivity index (χ3n) is 2.72. The Balaban J connectivity index is 2.48. The Morgan fingerprint density at radius 2 is 2.07 bits per heavy atom. The Morgan fingerprint density at radius 3 is 2.93 bits per heavy atom. The second-order valence-corrected chi connectivity index (χ2v) is 3.64. The van der Waals surface area contributed by atoms with Crippen LogP contribution in [-0.4, -0.2) is 5.91 Å². The molecule has 0 unspecified atom stereocenters. The average Bonchev–Trinajstić information content (AvgIpc) is 2.63. The van der Waals surface area contributed by atoms with Gasteiger partial charge < -0.3 is 5.32 Å². The highest BCUT2D eigenvalue weighted by molar-refractivity contribution is 6.07. The number of benzene rings is 1. The molecule has 2 nitrogen and oxygen atoms in total. The van der Waals surface area contributed by atoms with E-state index in [0.717, 1.165) is 16.5 Å². The molecule has 1 N–H and O–H groups in total. The van der Waals surface area contributed by atoms with Gasteiger partial charge in [-0.15, -0.1) is 0 Å². The van der Waals surface area contributed by atoms with Gasteiger partial charge in [0.25, 0.3) is 0 Å². The van der Waals surface area contributed by atoms with Gasteiger partial charge in [-0.05, 0) is 23.8 Å². The van der Waals surface area contributed by atoms with Crippen molar-refractivity contribution in [2.24, 2.45) is 0 Å². The van der Waals surface area contributed by atoms with E-state index < -0.39 is 0 Å². The molecule has 3 rings (SSSR count). The summed E-state index contributed by atoms with van der Waals surface area (Å²) in [4.78, 5) is 11.1. The van der Waals surface area contributed by atoms with Crippen LogP contribution in [0.4, 0.5) is 0 Å². The first kappa shape index (κ1) is 7.56. The smallest absolute Gasteiger partial charge is 0.249 e. The summed E-state index contributed by atoms with van der Waals surface area (Å²) in [5.41, 5.74) is 3.23. The third kappa shape index (κ3) is 0.826. The zero-order chi connectivity index (χ0) is 9.71. The normalized spacial score (nSPS) is 17.1. The van der Waals surface area contributed by atoms with E-state index in [1.807, 2.05) is 12.1 Å². The van der Waals surface area contributed by atoms with E-state index >= 15 is 0 Å². The minimum absolute atomic E-state index is 0.0154. The van der Waals surface area contributed by atoms with Crippen LogP contribution in [0.2, 0.25) is 0 Å². The summed E-state index contributed by atoms with van der Waals surface area (Å²) in [7, 11) is 0. The molecule has 1 heterocycles. The molecule has 1 aromatic rings. The van der Waals surface area contributed by atoms with Crippen molar-refractivity contribution in [2.75, 3.05) is 0 Å². The Hall–Kier alpha value is -1.83. The van der Waals surface area contributed by atoms with Gasteiger partial charge in [-0.2, -0.15) is 0 Å². The van der Waals surface area contributed by atoms with Crippen LogP contribution in [0.1, 0.15) is 5.56 Å². The van der Waals surface area contributed by atoms with Crippen molar-refractivity contribution in [3.8, 4) is 0 Å². The largest absolute Gasteiger partial charge is 0.321 e. The Morgan fingerprint density at radius 1 is 1.21 bits per heavy atom. The van der Waals surface area contributed by atoms with Crippen molar-refractivity contribution in [1.29, 1.82) is 0 Å². The molecule has 0 fully saturated rings. The lowest BCUT2D eigenvalue weighted by Crippen LogP contribution is -2.29. The van der Waals surface area contributed by atoms with Crippen LogP contribution >= 0.6 is 0 Å². The van der Waals surface area contributed by atoms with E-state index in [1.54, 1.807) is 6.08 Å². The predicted molar refractivity (Wildman–Crippen MR) is 54.5 cm³/mol. The maximum Gasteiger partial charge on any atom is 0.249 e. The molecule has 14 heavy (non-hydrogen) atoms. The van der Waals surface area contributed by atoms with Gasteiger partial charge in [0.2, 0.25) is 5.91 Å². The second kappa shape index (κ2) is 2.35. The highest BCUT2D eigenvalue weighted by atomic mass is 16.1. The van der Waals surface area contributed by atoms with Gasteiger partial charge >= 0.3 is 0 Å². The van der Waals surface area contributed by atoms with E-state index in [9.17, 15) is 4.79 Å². The summed E-state index contributed by atoms with van der Waals surface area (Å²) >= 11 is 0. The highest BCUT2D eigenvalue weighted by Gasteiger charge is 2.20. The Kier molecular flexibility index (Phi) is 1.27. The maximum atomic E-state index is 11.1. The van der Waals surface area contributed by atoms with Crippen LogP contribution in [0, 0.1) is 6.92 Å². The summed E-state index contributed by atoms with van der Waals surface area (Å²) in [6.07, 6.45) is 3.71. The highest BCUT2D eigenvalue weighted by Crippen LogP contribution is 2.16. The molecule has 0 spiro atoms. The monoisotopic (exact) mass is 183 g/mol. The molecule has 0 aromatic heterocycles. The summed E-state index contributed by atoms with van der Waals surface area (Å²) in [5.74, 6) is -0.0154. The molecule has 1 aromatic carbocycles. The SMILES string of the molecule is Cc1cccc2c1=CC1=CC(=O)NC=21. The molecule has 1 aliphatic heterocycles. The number of amides is 1. The standard InChI is InChI=1S/C12H9NO/c1-7-3-2-4-9-10(7)5-8-6-11(14)13-12(8)9/h2-6H,1H3,(H,13,14). The minimum atomic E-state index is -0.0154. The van der Waals surface area contributed by atoms with Gasteiger partial charge in [0.15, 0.2) is 0 Å². The summed E-state index contributed by atoms with van der Waals surface area (Å²) in [5, 5.41) is 5.22. The van der Waals surface area contributed by atoms with Crippen LogP contribution in [0.5, 0.6) is 0 Å². The van der Waals surface area contributed by atoms with Crippen LogP contribution in [0.15, 0.2) is 29.8 Å². The zero-order valence-electron chi connectivity index (χ0n) is 7.79. The number of hydrogen-bond acceptors (Lipinski definition) is 1. The summed E-state index contributed by atoms with van der Waals surface area (Å²) in [6, 6.07) is 6.14. The number of carbonyl (C=O) groups excluding carboxylic acids is 1. The van der Waals surface area contributed by atoms with Crippen molar-refractivity contribution >= 4 is 17.7 Å². The fourth-order valence-electron chi connectivity index (χ4n) is 2.03. The second-order valence-electron chi connectivity index (χ2n) is 3.64. The first-order chi connectivity index (χ1) is 6.75.